The van der Waals surface area contributed by atoms with Gasteiger partial charge in [-0.1, -0.05) is 72.8 Å². The number of ether oxygens (including phenoxy) is 6. The molecule has 324 valence electrons. The van der Waals surface area contributed by atoms with Gasteiger partial charge in [-0.15, -0.1) is 0 Å². The number of nitrogens with zero attached hydrogens (tertiary/aromatic N) is 4. The normalized spacial score (nSPS) is 11.5. The van der Waals surface area contributed by atoms with Crippen LogP contribution in [0.1, 0.15) is 20.7 Å². The molecule has 1 aliphatic heterocycles. The van der Waals surface area contributed by atoms with E-state index >= 15 is 0 Å². The first-order valence-corrected chi connectivity index (χ1v) is 19.1. The molecule has 8 aromatic carbocycles. The maximum atomic E-state index is 13.7. The third-order valence-corrected chi connectivity index (χ3v) is 9.93. The Morgan fingerprint density at radius 3 is 1.00 bits per heavy atom. The summed E-state index contributed by atoms with van der Waals surface area (Å²) in [7, 11) is 0. The van der Waals surface area contributed by atoms with Crippen LogP contribution in [0.3, 0.4) is 0 Å². The van der Waals surface area contributed by atoms with E-state index in [4.69, 9.17) is 28.4 Å². The SMILES string of the molecule is O=C(Oc1cc2cc(c1)Oc1cc(c([N+](=O)[O-])cc1[N+](=O)[O-])Oc1cc(OC(=O)c3cccc4ccccc34)cc(c1)Oc1cc(c([N+](=O)[O-])cc1[N+](=O)[O-])O2)c1cccc2ccccc12. The molecule has 8 aromatic rings. The standard InChI is InChI=1S/C46H24N4O16/c51-45(35-13-5-9-25-7-1-3-11-33(25)35)65-31-17-27-15-28(18-31)62-42-24-44(40(50(59)60)22-38(42)48(55)56)64-30-16-29(63-43-23-41(61-27)37(47(53)54)21-39(43)49(57)58)19-32(20-30)66-46(52)36-14-6-10-26-8-2-4-12-34(26)36/h1-24H. The Balaban J connectivity index is 1.21. The van der Waals surface area contributed by atoms with E-state index in [1.54, 1.807) is 72.8 Å². The van der Waals surface area contributed by atoms with E-state index in [0.29, 0.717) is 33.7 Å². The second-order valence-corrected chi connectivity index (χ2v) is 14.1. The van der Waals surface area contributed by atoms with Crippen LogP contribution < -0.4 is 28.4 Å². The lowest BCUT2D eigenvalue weighted by Gasteiger charge is -2.16. The number of fused-ring (bicyclic) bond motifs is 10. The number of hydrogen-bond acceptors (Lipinski definition) is 16. The van der Waals surface area contributed by atoms with Crippen LogP contribution in [0.5, 0.6) is 57.5 Å². The van der Waals surface area contributed by atoms with E-state index in [1.807, 2.05) is 0 Å². The molecule has 0 aromatic heterocycles. The number of carbonyl (C=O) groups excluding carboxylic acids is 2. The summed E-state index contributed by atoms with van der Waals surface area (Å²) in [5.74, 6) is -6.43. The number of nitro benzene ring substituents is 4. The average molecular weight is 889 g/mol. The Morgan fingerprint density at radius 1 is 0.379 bits per heavy atom. The maximum Gasteiger partial charge on any atom is 0.344 e. The van der Waals surface area contributed by atoms with Crippen molar-refractivity contribution in [3.05, 3.63) is 197 Å². The van der Waals surface area contributed by atoms with E-state index in [9.17, 15) is 50.0 Å². The number of rotatable bonds is 8. The lowest BCUT2D eigenvalue weighted by molar-refractivity contribution is -0.395. The van der Waals surface area contributed by atoms with Crippen LogP contribution in [-0.2, 0) is 0 Å². The second kappa shape index (κ2) is 16.7. The predicted octanol–water partition coefficient (Wildman–Crippen LogP) is 11.5. The van der Waals surface area contributed by atoms with Crippen LogP contribution in [0.25, 0.3) is 21.5 Å². The topological polar surface area (TPSA) is 262 Å². The molecule has 0 aliphatic carbocycles. The van der Waals surface area contributed by atoms with Gasteiger partial charge in [-0.05, 0) is 33.7 Å². The fraction of sp³-hybridized carbons (Fsp3) is 0. The quantitative estimate of drug-likeness (QED) is 0.0594. The molecule has 1 aliphatic rings. The van der Waals surface area contributed by atoms with Crippen molar-refractivity contribution in [3.63, 3.8) is 0 Å². The van der Waals surface area contributed by atoms with Crippen LogP contribution in [0.2, 0.25) is 0 Å². The summed E-state index contributed by atoms with van der Waals surface area (Å²) in [5, 5.41) is 52.1. The van der Waals surface area contributed by atoms with Crippen LogP contribution in [0, 0.1) is 40.5 Å². The van der Waals surface area contributed by atoms with Crippen LogP contribution in [-0.4, -0.2) is 31.6 Å². The monoisotopic (exact) mass is 888 g/mol. The molecule has 9 rings (SSSR count). The summed E-state index contributed by atoms with van der Waals surface area (Å²) in [4.78, 5) is 73.1. The Bertz CT molecular complexity index is 3060. The first-order chi connectivity index (χ1) is 31.8. The highest BCUT2D eigenvalue weighted by Crippen LogP contribution is 2.48. The van der Waals surface area contributed by atoms with Gasteiger partial charge in [0, 0.05) is 48.5 Å². The van der Waals surface area contributed by atoms with Gasteiger partial charge in [0.1, 0.15) is 46.6 Å². The van der Waals surface area contributed by atoms with E-state index in [-0.39, 0.29) is 45.6 Å². The van der Waals surface area contributed by atoms with Crippen molar-refractivity contribution in [1.82, 2.24) is 0 Å². The molecule has 20 nitrogen and oxygen atoms in total. The summed E-state index contributed by atoms with van der Waals surface area (Å²) in [6.07, 6.45) is 0. The zero-order valence-electron chi connectivity index (χ0n) is 33.2. The zero-order chi connectivity index (χ0) is 46.2. The minimum absolute atomic E-state index is 0.131. The summed E-state index contributed by atoms with van der Waals surface area (Å²) in [6.45, 7) is 0. The first kappa shape index (κ1) is 41.4. The van der Waals surface area contributed by atoms with Crippen molar-refractivity contribution in [2.75, 3.05) is 0 Å². The number of esters is 2. The highest BCUT2D eigenvalue weighted by molar-refractivity contribution is 6.06. The van der Waals surface area contributed by atoms with Crippen molar-refractivity contribution >= 4 is 56.2 Å². The number of benzene rings is 8. The zero-order valence-corrected chi connectivity index (χ0v) is 33.2. The van der Waals surface area contributed by atoms with Gasteiger partial charge in [-0.25, -0.2) is 9.59 Å². The molecule has 0 saturated carbocycles. The van der Waals surface area contributed by atoms with E-state index in [0.717, 1.165) is 48.5 Å². The predicted molar refractivity (Wildman–Crippen MR) is 230 cm³/mol. The summed E-state index contributed by atoms with van der Waals surface area (Å²) >= 11 is 0. The van der Waals surface area contributed by atoms with Crippen molar-refractivity contribution in [2.45, 2.75) is 0 Å². The van der Waals surface area contributed by atoms with Gasteiger partial charge in [0.2, 0.25) is 23.0 Å². The number of nitro groups is 4. The average Bonchev–Trinajstić information content (AvgIpc) is 3.28. The third-order valence-electron chi connectivity index (χ3n) is 9.93. The van der Waals surface area contributed by atoms with Gasteiger partial charge in [0.15, 0.2) is 0 Å². The summed E-state index contributed by atoms with van der Waals surface area (Å²) in [5.41, 5.74) is -3.43. The van der Waals surface area contributed by atoms with E-state index in [2.05, 4.69) is 0 Å². The molecule has 0 spiro atoms. The lowest BCUT2D eigenvalue weighted by atomic mass is 10.0. The molecule has 0 saturated heterocycles. The molecular weight excluding hydrogens is 865 g/mol. The Kier molecular flexibility index (Phi) is 10.5. The molecule has 0 fully saturated rings. The van der Waals surface area contributed by atoms with Gasteiger partial charge in [0.25, 0.3) is 0 Å². The van der Waals surface area contributed by atoms with Crippen molar-refractivity contribution in [2.24, 2.45) is 0 Å². The number of hydrogen-bond donors (Lipinski definition) is 0. The molecule has 0 N–H and O–H groups in total. The highest BCUT2D eigenvalue weighted by atomic mass is 16.6. The van der Waals surface area contributed by atoms with E-state index < -0.39 is 77.4 Å². The molecule has 20 heteroatoms. The fourth-order valence-electron chi connectivity index (χ4n) is 7.06. The molecule has 1 heterocycles. The van der Waals surface area contributed by atoms with Gasteiger partial charge >= 0.3 is 34.7 Å². The smallest absolute Gasteiger partial charge is 0.344 e. The Morgan fingerprint density at radius 2 is 0.682 bits per heavy atom. The second-order valence-electron chi connectivity index (χ2n) is 14.1. The lowest BCUT2D eigenvalue weighted by Crippen LogP contribution is -2.09. The third kappa shape index (κ3) is 8.21. The molecule has 0 amide bonds. The first-order valence-electron chi connectivity index (χ1n) is 19.1. The minimum atomic E-state index is -0.965. The largest absolute Gasteiger partial charge is 0.450 e. The van der Waals surface area contributed by atoms with Crippen LogP contribution in [0.15, 0.2) is 146 Å². The maximum absolute atomic E-state index is 13.7. The minimum Gasteiger partial charge on any atom is -0.450 e. The molecule has 0 atom stereocenters. The van der Waals surface area contributed by atoms with Crippen LogP contribution >= 0.6 is 0 Å². The molecule has 8 bridgehead atoms. The van der Waals surface area contributed by atoms with Crippen LogP contribution in [0.4, 0.5) is 22.7 Å². The van der Waals surface area contributed by atoms with Gasteiger partial charge in [0.05, 0.1) is 30.8 Å². The summed E-state index contributed by atoms with van der Waals surface area (Å²) in [6, 6.07) is 33.1. The molecule has 0 radical (unpaired) electrons. The van der Waals surface area contributed by atoms with Gasteiger partial charge < -0.3 is 28.4 Å². The van der Waals surface area contributed by atoms with E-state index in [1.165, 1.54) is 12.1 Å². The van der Waals surface area contributed by atoms with Crippen molar-refractivity contribution < 1.29 is 57.7 Å². The molecule has 0 unspecified atom stereocenters. The Hall–Kier alpha value is -9.98. The Labute approximate surface area is 367 Å². The van der Waals surface area contributed by atoms with Crippen molar-refractivity contribution in [3.8, 4) is 57.5 Å². The van der Waals surface area contributed by atoms with Crippen molar-refractivity contribution in [1.29, 1.82) is 0 Å². The highest BCUT2D eigenvalue weighted by Gasteiger charge is 2.31. The fourth-order valence-corrected chi connectivity index (χ4v) is 7.06. The summed E-state index contributed by atoms with van der Waals surface area (Å²) < 4.78 is 35.3. The number of carbonyl (C=O) groups is 2. The molecular formula is C46H24N4O16. The molecule has 66 heavy (non-hydrogen) atoms. The van der Waals surface area contributed by atoms with Gasteiger partial charge in [-0.2, -0.15) is 0 Å². The van der Waals surface area contributed by atoms with Gasteiger partial charge in [-0.3, -0.25) is 40.5 Å².